The lowest BCUT2D eigenvalue weighted by atomic mass is 10.1. The van der Waals surface area contributed by atoms with E-state index in [1.807, 2.05) is 56.3 Å². The molecular weight excluding hydrogens is 402 g/mol. The zero-order valence-electron chi connectivity index (χ0n) is 17.0. The number of nitrogens with one attached hydrogen (secondary N) is 2. The van der Waals surface area contributed by atoms with Crippen LogP contribution in [0, 0.1) is 13.8 Å². The number of nitrogen functional groups attached to an aromatic ring is 1. The van der Waals surface area contributed by atoms with Crippen molar-refractivity contribution in [3.05, 3.63) is 93.0 Å². The molecule has 0 saturated carbocycles. The second-order valence-corrected chi connectivity index (χ2v) is 6.91. The molecule has 4 N–H and O–H groups in total. The van der Waals surface area contributed by atoms with E-state index in [-0.39, 0.29) is 30.3 Å². The fourth-order valence-corrected chi connectivity index (χ4v) is 2.99. The zero-order chi connectivity index (χ0) is 20.8. The summed E-state index contributed by atoms with van der Waals surface area (Å²) in [5, 5.41) is 2.85. The van der Waals surface area contributed by atoms with Gasteiger partial charge in [-0.1, -0.05) is 36.4 Å². The number of nitrogens with zero attached hydrogens (tertiary/aromatic N) is 2. The van der Waals surface area contributed by atoms with Crippen molar-refractivity contribution in [3.8, 4) is 0 Å². The first-order valence-corrected chi connectivity index (χ1v) is 9.41. The lowest BCUT2D eigenvalue weighted by Gasteiger charge is -2.13. The van der Waals surface area contributed by atoms with Crippen molar-refractivity contribution in [1.29, 1.82) is 0 Å². The van der Waals surface area contributed by atoms with Gasteiger partial charge in [0, 0.05) is 24.0 Å². The first-order chi connectivity index (χ1) is 13.9. The molecule has 0 spiro atoms. The number of hydrogen-bond acceptors (Lipinski definition) is 5. The second kappa shape index (κ2) is 10.5. The van der Waals surface area contributed by atoms with Gasteiger partial charge in [-0.3, -0.25) is 9.59 Å². The van der Waals surface area contributed by atoms with Crippen molar-refractivity contribution in [1.82, 2.24) is 15.0 Å². The molecule has 1 aromatic carbocycles. The summed E-state index contributed by atoms with van der Waals surface area (Å²) in [6.07, 6.45) is 1.70. The van der Waals surface area contributed by atoms with Gasteiger partial charge in [0.1, 0.15) is 5.82 Å². The Morgan fingerprint density at radius 3 is 2.50 bits per heavy atom. The summed E-state index contributed by atoms with van der Waals surface area (Å²) in [7, 11) is 0. The van der Waals surface area contributed by atoms with Gasteiger partial charge in [-0.2, -0.15) is 0 Å². The number of anilines is 1. The average molecular weight is 428 g/mol. The highest BCUT2D eigenvalue weighted by Crippen LogP contribution is 2.08. The molecule has 0 saturated heterocycles. The highest BCUT2D eigenvalue weighted by molar-refractivity contribution is 5.85. The van der Waals surface area contributed by atoms with Crippen LogP contribution in [0.4, 0.5) is 5.82 Å². The summed E-state index contributed by atoms with van der Waals surface area (Å²) in [5.74, 6) is 0.225. The van der Waals surface area contributed by atoms with Gasteiger partial charge in [0.2, 0.25) is 5.91 Å². The number of benzene rings is 1. The molecule has 0 aliphatic rings. The van der Waals surface area contributed by atoms with Crippen LogP contribution < -0.4 is 22.0 Å². The summed E-state index contributed by atoms with van der Waals surface area (Å²) < 4.78 is 1.43. The van der Waals surface area contributed by atoms with Gasteiger partial charge >= 0.3 is 0 Å². The molecule has 0 unspecified atom stereocenters. The monoisotopic (exact) mass is 427 g/mol. The quantitative estimate of drug-likeness (QED) is 0.537. The summed E-state index contributed by atoms with van der Waals surface area (Å²) in [6.45, 7) is 4.53. The molecule has 7 nitrogen and oxygen atoms in total. The van der Waals surface area contributed by atoms with E-state index in [0.29, 0.717) is 24.5 Å². The number of aromatic nitrogens is 2. The van der Waals surface area contributed by atoms with Crippen molar-refractivity contribution >= 4 is 24.1 Å². The van der Waals surface area contributed by atoms with E-state index in [1.54, 1.807) is 12.3 Å². The Morgan fingerprint density at radius 2 is 1.80 bits per heavy atom. The van der Waals surface area contributed by atoms with E-state index in [4.69, 9.17) is 5.73 Å². The molecule has 0 aliphatic heterocycles. The van der Waals surface area contributed by atoms with Crippen LogP contribution in [0.5, 0.6) is 0 Å². The molecule has 0 atom stereocenters. The largest absolute Gasteiger partial charge is 0.384 e. The van der Waals surface area contributed by atoms with Gasteiger partial charge in [0.15, 0.2) is 0 Å². The fourth-order valence-electron chi connectivity index (χ4n) is 2.99. The summed E-state index contributed by atoms with van der Waals surface area (Å²) in [5.41, 5.74) is 12.5. The number of halogens is 1. The van der Waals surface area contributed by atoms with Crippen LogP contribution >= 0.6 is 12.4 Å². The first-order valence-electron chi connectivity index (χ1n) is 9.41. The molecule has 2 heterocycles. The first kappa shape index (κ1) is 23.0. The maximum Gasteiger partial charge on any atom is 0.272 e. The topological polar surface area (TPSA) is 102 Å². The Balaban J connectivity index is 0.00000320. The van der Waals surface area contributed by atoms with Crippen molar-refractivity contribution in [2.45, 2.75) is 33.4 Å². The van der Waals surface area contributed by atoms with Gasteiger partial charge in [-0.05, 0) is 42.7 Å². The SMILES string of the molecule is Cc1ccn(NCc2ccccc2)c(=O)c1CC(=O)NCc1ccc(N)nc1C.Cl. The summed E-state index contributed by atoms with van der Waals surface area (Å²) in [4.78, 5) is 29.4. The molecule has 30 heavy (non-hydrogen) atoms. The molecule has 1 amide bonds. The summed E-state index contributed by atoms with van der Waals surface area (Å²) in [6, 6.07) is 15.2. The smallest absolute Gasteiger partial charge is 0.272 e. The number of carbonyl (C=O) groups is 1. The van der Waals surface area contributed by atoms with E-state index in [0.717, 1.165) is 22.4 Å². The maximum atomic E-state index is 12.8. The van der Waals surface area contributed by atoms with Crippen LogP contribution in [0.3, 0.4) is 0 Å². The summed E-state index contributed by atoms with van der Waals surface area (Å²) >= 11 is 0. The molecule has 158 valence electrons. The third kappa shape index (κ3) is 5.84. The number of nitrogens with two attached hydrogens (primary N) is 1. The predicted molar refractivity (Wildman–Crippen MR) is 121 cm³/mol. The Bertz CT molecular complexity index is 1070. The van der Waals surface area contributed by atoms with E-state index < -0.39 is 0 Å². The molecule has 0 bridgehead atoms. The standard InChI is InChI=1S/C22H25N5O2.ClH/c1-15-10-11-27(25-13-17-6-4-3-5-7-17)22(29)19(15)12-21(28)24-14-18-8-9-20(23)26-16(18)2;/h3-11,25H,12-14H2,1-2H3,(H2,23,26)(H,24,28);1H. The van der Waals surface area contributed by atoms with E-state index >= 15 is 0 Å². The molecular formula is C22H26ClN5O2. The normalized spacial score (nSPS) is 10.2. The number of pyridine rings is 2. The average Bonchev–Trinajstić information content (AvgIpc) is 2.70. The Labute approximate surface area is 181 Å². The van der Waals surface area contributed by atoms with Crippen molar-refractivity contribution in [3.63, 3.8) is 0 Å². The van der Waals surface area contributed by atoms with Crippen molar-refractivity contribution in [2.24, 2.45) is 0 Å². The number of aryl methyl sites for hydroxylation is 2. The number of carbonyl (C=O) groups excluding carboxylic acids is 1. The molecule has 0 aliphatic carbocycles. The van der Waals surface area contributed by atoms with Gasteiger partial charge in [-0.15, -0.1) is 12.4 Å². The van der Waals surface area contributed by atoms with Crippen LogP contribution in [-0.2, 0) is 24.3 Å². The fraction of sp³-hybridized carbons (Fsp3) is 0.227. The number of hydrogen-bond donors (Lipinski definition) is 3. The molecule has 0 radical (unpaired) electrons. The lowest BCUT2D eigenvalue weighted by Crippen LogP contribution is -2.34. The Kier molecular flexibility index (Phi) is 8.00. The molecule has 3 rings (SSSR count). The highest BCUT2D eigenvalue weighted by atomic mass is 35.5. The molecule has 0 fully saturated rings. The third-order valence-electron chi connectivity index (χ3n) is 4.75. The van der Waals surface area contributed by atoms with Gasteiger partial charge < -0.3 is 16.5 Å². The van der Waals surface area contributed by atoms with Crippen LogP contribution in [0.1, 0.15) is 27.9 Å². The Morgan fingerprint density at radius 1 is 1.07 bits per heavy atom. The van der Waals surface area contributed by atoms with Gasteiger partial charge in [0.05, 0.1) is 13.0 Å². The van der Waals surface area contributed by atoms with Crippen LogP contribution in [0.25, 0.3) is 0 Å². The third-order valence-corrected chi connectivity index (χ3v) is 4.75. The minimum Gasteiger partial charge on any atom is -0.384 e. The lowest BCUT2D eigenvalue weighted by molar-refractivity contribution is -0.120. The highest BCUT2D eigenvalue weighted by Gasteiger charge is 2.13. The zero-order valence-corrected chi connectivity index (χ0v) is 17.8. The molecule has 8 heteroatoms. The maximum absolute atomic E-state index is 12.8. The number of amides is 1. The molecule has 2 aromatic heterocycles. The van der Waals surface area contributed by atoms with E-state index in [2.05, 4.69) is 15.7 Å². The predicted octanol–water partition coefficient (Wildman–Crippen LogP) is 2.47. The molecule has 3 aromatic rings. The van der Waals surface area contributed by atoms with Gasteiger partial charge in [0.25, 0.3) is 5.56 Å². The van der Waals surface area contributed by atoms with Crippen LogP contribution in [0.2, 0.25) is 0 Å². The Hall–Kier alpha value is -3.32. The van der Waals surface area contributed by atoms with E-state index in [9.17, 15) is 9.59 Å². The second-order valence-electron chi connectivity index (χ2n) is 6.91. The minimum absolute atomic E-state index is 0. The number of rotatable bonds is 7. The van der Waals surface area contributed by atoms with E-state index in [1.165, 1.54) is 4.68 Å². The van der Waals surface area contributed by atoms with Crippen molar-refractivity contribution < 1.29 is 4.79 Å². The van der Waals surface area contributed by atoms with Crippen LogP contribution in [0.15, 0.2) is 59.5 Å². The van der Waals surface area contributed by atoms with Crippen LogP contribution in [-0.4, -0.2) is 15.6 Å². The minimum atomic E-state index is -0.221. The van der Waals surface area contributed by atoms with Crippen molar-refractivity contribution in [2.75, 3.05) is 11.2 Å². The van der Waals surface area contributed by atoms with Gasteiger partial charge in [-0.25, -0.2) is 9.66 Å².